The zero-order valence-electron chi connectivity index (χ0n) is 6.60. The quantitative estimate of drug-likeness (QED) is 0.549. The molecule has 0 bridgehead atoms. The van der Waals surface area contributed by atoms with Crippen LogP contribution in [0.1, 0.15) is 0 Å². The summed E-state index contributed by atoms with van der Waals surface area (Å²) in [5, 5.41) is 8.68. The van der Waals surface area contributed by atoms with Gasteiger partial charge in [-0.1, -0.05) is 0 Å². The van der Waals surface area contributed by atoms with E-state index in [1.807, 2.05) is 0 Å². The summed E-state index contributed by atoms with van der Waals surface area (Å²) in [5.41, 5.74) is 0. The Labute approximate surface area is 69.9 Å². The second-order valence-electron chi connectivity index (χ2n) is 3.01. The van der Waals surface area contributed by atoms with E-state index in [4.69, 9.17) is 14.6 Å². The van der Waals surface area contributed by atoms with Crippen molar-refractivity contribution in [3.05, 3.63) is 0 Å². The molecule has 0 aromatic heterocycles. The molecule has 2 aliphatic heterocycles. The third-order valence-corrected chi connectivity index (χ3v) is 2.23. The number of likely N-dealkylation sites (tertiary alicyclic amines) is 1. The molecule has 0 aromatic carbocycles. The third-order valence-electron chi connectivity index (χ3n) is 2.23. The van der Waals surface area contributed by atoms with Crippen molar-refractivity contribution in [2.45, 2.75) is 12.2 Å². The summed E-state index contributed by atoms with van der Waals surface area (Å²) in [6.45, 7) is 2.04. The average molecular weight is 173 g/mol. The van der Waals surface area contributed by atoms with E-state index in [1.165, 1.54) is 4.90 Å². The van der Waals surface area contributed by atoms with Gasteiger partial charge in [-0.15, -0.1) is 0 Å². The fourth-order valence-corrected chi connectivity index (χ4v) is 1.62. The van der Waals surface area contributed by atoms with Gasteiger partial charge in [0, 0.05) is 0 Å². The van der Waals surface area contributed by atoms with E-state index in [0.29, 0.717) is 26.3 Å². The van der Waals surface area contributed by atoms with Crippen molar-refractivity contribution in [2.24, 2.45) is 0 Å². The van der Waals surface area contributed by atoms with Crippen LogP contribution in [0.4, 0.5) is 4.79 Å². The highest BCUT2D eigenvalue weighted by atomic mass is 16.6. The van der Waals surface area contributed by atoms with E-state index >= 15 is 0 Å². The van der Waals surface area contributed by atoms with Gasteiger partial charge in [-0.2, -0.15) is 0 Å². The Morgan fingerprint density at radius 3 is 2.17 bits per heavy atom. The highest BCUT2D eigenvalue weighted by Crippen LogP contribution is 2.19. The van der Waals surface area contributed by atoms with Crippen LogP contribution < -0.4 is 0 Å². The standard InChI is InChI=1S/C7H11NO4/c9-7(10)8-3-5-6(4-8)12-2-1-11-5/h5-6H,1-4H2,(H,9,10). The first-order valence-electron chi connectivity index (χ1n) is 3.98. The zero-order valence-corrected chi connectivity index (χ0v) is 6.60. The maximum absolute atomic E-state index is 10.6. The Morgan fingerprint density at radius 2 is 1.75 bits per heavy atom. The van der Waals surface area contributed by atoms with Gasteiger partial charge in [0.15, 0.2) is 0 Å². The van der Waals surface area contributed by atoms with E-state index in [9.17, 15) is 4.79 Å². The van der Waals surface area contributed by atoms with Crippen molar-refractivity contribution in [1.82, 2.24) is 4.90 Å². The van der Waals surface area contributed by atoms with Crippen LogP contribution >= 0.6 is 0 Å². The van der Waals surface area contributed by atoms with E-state index in [2.05, 4.69) is 0 Å². The summed E-state index contributed by atoms with van der Waals surface area (Å²) in [6, 6.07) is 0. The largest absolute Gasteiger partial charge is 0.465 e. The van der Waals surface area contributed by atoms with Gasteiger partial charge in [-0.3, -0.25) is 0 Å². The summed E-state index contributed by atoms with van der Waals surface area (Å²) in [7, 11) is 0. The monoisotopic (exact) mass is 173 g/mol. The topological polar surface area (TPSA) is 59.0 Å². The molecular weight excluding hydrogens is 162 g/mol. The molecule has 0 spiro atoms. The Kier molecular flexibility index (Phi) is 1.90. The van der Waals surface area contributed by atoms with Crippen LogP contribution in [0.2, 0.25) is 0 Å². The lowest BCUT2D eigenvalue weighted by molar-refractivity contribution is -0.116. The van der Waals surface area contributed by atoms with Crippen LogP contribution in [0.5, 0.6) is 0 Å². The minimum atomic E-state index is -0.892. The van der Waals surface area contributed by atoms with Crippen molar-refractivity contribution in [1.29, 1.82) is 0 Å². The number of carboxylic acid groups (broad SMARTS) is 1. The third kappa shape index (κ3) is 1.25. The fraction of sp³-hybridized carbons (Fsp3) is 0.857. The van der Waals surface area contributed by atoms with Gasteiger partial charge in [-0.25, -0.2) is 4.79 Å². The maximum atomic E-state index is 10.6. The molecule has 2 saturated heterocycles. The van der Waals surface area contributed by atoms with E-state index in [0.717, 1.165) is 0 Å². The van der Waals surface area contributed by atoms with Crippen molar-refractivity contribution < 1.29 is 19.4 Å². The molecule has 2 fully saturated rings. The van der Waals surface area contributed by atoms with Gasteiger partial charge >= 0.3 is 6.09 Å². The molecule has 5 heteroatoms. The maximum Gasteiger partial charge on any atom is 0.407 e. The Bertz CT molecular complexity index is 182. The Hall–Kier alpha value is -0.810. The lowest BCUT2D eigenvalue weighted by Gasteiger charge is -2.24. The first kappa shape index (κ1) is 7.82. The van der Waals surface area contributed by atoms with Gasteiger partial charge in [0.1, 0.15) is 12.2 Å². The van der Waals surface area contributed by atoms with E-state index < -0.39 is 6.09 Å². The first-order chi connectivity index (χ1) is 5.77. The van der Waals surface area contributed by atoms with Crippen LogP contribution in [0.25, 0.3) is 0 Å². The molecule has 5 nitrogen and oxygen atoms in total. The average Bonchev–Trinajstić information content (AvgIpc) is 2.46. The number of amides is 1. The molecule has 0 aliphatic carbocycles. The molecule has 2 heterocycles. The molecule has 0 aromatic rings. The van der Waals surface area contributed by atoms with Crippen LogP contribution in [-0.2, 0) is 9.47 Å². The van der Waals surface area contributed by atoms with E-state index in [1.54, 1.807) is 0 Å². The predicted octanol–water partition coefficient (Wildman–Crippen LogP) is -0.236. The smallest absolute Gasteiger partial charge is 0.407 e. The second-order valence-corrected chi connectivity index (χ2v) is 3.01. The summed E-state index contributed by atoms with van der Waals surface area (Å²) in [4.78, 5) is 11.9. The molecule has 0 saturated carbocycles. The van der Waals surface area contributed by atoms with Crippen LogP contribution in [0.3, 0.4) is 0 Å². The summed E-state index contributed by atoms with van der Waals surface area (Å²) in [5.74, 6) is 0. The molecular formula is C7H11NO4. The molecule has 68 valence electrons. The molecule has 2 atom stereocenters. The number of rotatable bonds is 0. The fourth-order valence-electron chi connectivity index (χ4n) is 1.62. The number of carbonyl (C=O) groups is 1. The summed E-state index contributed by atoms with van der Waals surface area (Å²) < 4.78 is 10.7. The Balaban J connectivity index is 1.98. The lowest BCUT2D eigenvalue weighted by Crippen LogP contribution is -2.36. The number of hydrogen-bond acceptors (Lipinski definition) is 3. The lowest BCUT2D eigenvalue weighted by atomic mass is 10.2. The molecule has 1 N–H and O–H groups in total. The molecule has 2 aliphatic rings. The number of fused-ring (bicyclic) bond motifs is 1. The first-order valence-corrected chi connectivity index (χ1v) is 3.98. The minimum absolute atomic E-state index is 0.0464. The highest BCUT2D eigenvalue weighted by molar-refractivity contribution is 5.65. The highest BCUT2D eigenvalue weighted by Gasteiger charge is 2.38. The normalized spacial score (nSPS) is 34.8. The van der Waals surface area contributed by atoms with Crippen LogP contribution in [0.15, 0.2) is 0 Å². The number of nitrogens with zero attached hydrogens (tertiary/aromatic N) is 1. The van der Waals surface area contributed by atoms with Gasteiger partial charge in [0.2, 0.25) is 0 Å². The molecule has 2 unspecified atom stereocenters. The summed E-state index contributed by atoms with van der Waals surface area (Å²) in [6.07, 6.45) is -0.985. The van der Waals surface area contributed by atoms with Crippen molar-refractivity contribution in [3.8, 4) is 0 Å². The van der Waals surface area contributed by atoms with Crippen LogP contribution in [-0.4, -0.2) is 54.6 Å². The summed E-state index contributed by atoms with van der Waals surface area (Å²) >= 11 is 0. The Morgan fingerprint density at radius 1 is 1.25 bits per heavy atom. The number of ether oxygens (including phenoxy) is 2. The predicted molar refractivity (Wildman–Crippen MR) is 39.1 cm³/mol. The SMILES string of the molecule is O=C(O)N1CC2OCCOC2C1. The van der Waals surface area contributed by atoms with Gasteiger partial charge < -0.3 is 19.5 Å². The van der Waals surface area contributed by atoms with Gasteiger partial charge in [0.05, 0.1) is 26.3 Å². The second kappa shape index (κ2) is 2.91. The van der Waals surface area contributed by atoms with Crippen molar-refractivity contribution >= 4 is 6.09 Å². The number of hydrogen-bond donors (Lipinski definition) is 1. The van der Waals surface area contributed by atoms with Gasteiger partial charge in [0.25, 0.3) is 0 Å². The minimum Gasteiger partial charge on any atom is -0.465 e. The van der Waals surface area contributed by atoms with Crippen molar-refractivity contribution in [2.75, 3.05) is 26.3 Å². The van der Waals surface area contributed by atoms with Crippen LogP contribution in [0, 0.1) is 0 Å². The molecule has 1 amide bonds. The molecule has 2 rings (SSSR count). The van der Waals surface area contributed by atoms with Gasteiger partial charge in [-0.05, 0) is 0 Å². The zero-order chi connectivity index (χ0) is 8.55. The molecule has 0 radical (unpaired) electrons. The molecule has 12 heavy (non-hydrogen) atoms. The van der Waals surface area contributed by atoms with Crippen molar-refractivity contribution in [3.63, 3.8) is 0 Å². The van der Waals surface area contributed by atoms with E-state index in [-0.39, 0.29) is 12.2 Å².